The minimum Gasteiger partial charge on any atom is -0.337 e. The van der Waals surface area contributed by atoms with Crippen LogP contribution in [0.5, 0.6) is 5.75 Å². The molecule has 1 heterocycles. The van der Waals surface area contributed by atoms with Crippen LogP contribution in [0, 0.1) is 0 Å². The quantitative estimate of drug-likeness (QED) is 0.605. The predicted octanol–water partition coefficient (Wildman–Crippen LogP) is 3.18. The minimum absolute atomic E-state index is 0.491. The molecule has 15 heavy (non-hydrogen) atoms. The van der Waals surface area contributed by atoms with E-state index in [1.54, 1.807) is 0 Å². The summed E-state index contributed by atoms with van der Waals surface area (Å²) in [5.74, 6) is 0.780. The Labute approximate surface area is 88.0 Å². The fourth-order valence-corrected chi connectivity index (χ4v) is 1.83. The molecule has 0 saturated carbocycles. The van der Waals surface area contributed by atoms with Crippen molar-refractivity contribution in [3.8, 4) is 16.9 Å². The van der Waals surface area contributed by atoms with Gasteiger partial charge in [-0.05, 0) is 17.2 Å². The zero-order chi connectivity index (χ0) is 10.1. The highest BCUT2D eigenvalue weighted by molar-refractivity contribution is 5.73. The molecule has 0 bridgehead atoms. The zero-order valence-corrected chi connectivity index (χ0v) is 8.14. The van der Waals surface area contributed by atoms with Crippen LogP contribution in [0.1, 0.15) is 5.56 Å². The summed E-state index contributed by atoms with van der Waals surface area (Å²) in [7, 11) is 0. The standard InChI is InChI=1S/C13H10O2/c1-2-6-11-10(5-1)9-14-15-13-8-4-3-7-12(11)13/h1-8H,9H2. The van der Waals surface area contributed by atoms with Gasteiger partial charge in [-0.25, -0.2) is 0 Å². The molecule has 74 valence electrons. The number of hydrogen-bond acceptors (Lipinski definition) is 2. The molecular weight excluding hydrogens is 188 g/mol. The van der Waals surface area contributed by atoms with Gasteiger partial charge in [0.1, 0.15) is 6.61 Å². The van der Waals surface area contributed by atoms with Crippen molar-refractivity contribution < 1.29 is 9.78 Å². The first-order valence-corrected chi connectivity index (χ1v) is 4.92. The molecule has 2 nitrogen and oxygen atoms in total. The zero-order valence-electron chi connectivity index (χ0n) is 8.14. The maximum Gasteiger partial charge on any atom is 0.173 e. The SMILES string of the molecule is c1ccc2c(c1)COOc1ccccc1-2. The van der Waals surface area contributed by atoms with E-state index in [0.29, 0.717) is 6.61 Å². The van der Waals surface area contributed by atoms with Gasteiger partial charge in [-0.1, -0.05) is 42.5 Å². The van der Waals surface area contributed by atoms with Gasteiger partial charge in [0.2, 0.25) is 0 Å². The highest BCUT2D eigenvalue weighted by atomic mass is 17.2. The summed E-state index contributed by atoms with van der Waals surface area (Å²) in [4.78, 5) is 10.4. The lowest BCUT2D eigenvalue weighted by Crippen LogP contribution is -1.94. The molecule has 0 fully saturated rings. The molecule has 1 aliphatic heterocycles. The molecule has 0 aromatic heterocycles. The average Bonchev–Trinajstić information content (AvgIpc) is 2.48. The summed E-state index contributed by atoms with van der Waals surface area (Å²) in [6.45, 7) is 0.491. The summed E-state index contributed by atoms with van der Waals surface area (Å²) in [5, 5.41) is 0. The lowest BCUT2D eigenvalue weighted by Gasteiger charge is -2.05. The Hall–Kier alpha value is -1.80. The molecule has 2 aromatic carbocycles. The summed E-state index contributed by atoms with van der Waals surface area (Å²) < 4.78 is 0. The third-order valence-corrected chi connectivity index (χ3v) is 2.56. The fraction of sp³-hybridized carbons (Fsp3) is 0.0769. The number of para-hydroxylation sites is 1. The summed E-state index contributed by atoms with van der Waals surface area (Å²) >= 11 is 0. The Balaban J connectivity index is 2.27. The van der Waals surface area contributed by atoms with Crippen molar-refractivity contribution in [2.24, 2.45) is 0 Å². The second kappa shape index (κ2) is 3.41. The van der Waals surface area contributed by atoms with Gasteiger partial charge in [-0.3, -0.25) is 0 Å². The third kappa shape index (κ3) is 1.39. The van der Waals surface area contributed by atoms with Gasteiger partial charge >= 0.3 is 0 Å². The highest BCUT2D eigenvalue weighted by Gasteiger charge is 2.14. The molecule has 3 rings (SSSR count). The first kappa shape index (κ1) is 8.50. The molecule has 0 radical (unpaired) electrons. The van der Waals surface area contributed by atoms with Crippen LogP contribution in [0.3, 0.4) is 0 Å². The molecule has 2 heteroatoms. The minimum atomic E-state index is 0.491. The molecule has 0 aliphatic carbocycles. The number of benzene rings is 2. The number of fused-ring (bicyclic) bond motifs is 3. The van der Waals surface area contributed by atoms with Gasteiger partial charge in [0.05, 0.1) is 0 Å². The molecular formula is C13H10O2. The van der Waals surface area contributed by atoms with E-state index in [1.807, 2.05) is 36.4 Å². The smallest absolute Gasteiger partial charge is 0.173 e. The van der Waals surface area contributed by atoms with Crippen LogP contribution < -0.4 is 4.89 Å². The second-order valence-electron chi connectivity index (χ2n) is 3.50. The maximum absolute atomic E-state index is 5.23. The van der Waals surface area contributed by atoms with Crippen LogP contribution in [-0.2, 0) is 11.5 Å². The van der Waals surface area contributed by atoms with Crippen molar-refractivity contribution in [3.05, 3.63) is 54.1 Å². The van der Waals surface area contributed by atoms with Crippen LogP contribution in [0.15, 0.2) is 48.5 Å². The maximum atomic E-state index is 5.23. The Morgan fingerprint density at radius 2 is 1.53 bits per heavy atom. The lowest BCUT2D eigenvalue weighted by molar-refractivity contribution is -0.215. The van der Waals surface area contributed by atoms with Crippen molar-refractivity contribution >= 4 is 0 Å². The Morgan fingerprint density at radius 3 is 2.47 bits per heavy atom. The summed E-state index contributed by atoms with van der Waals surface area (Å²) in [6, 6.07) is 16.1. The van der Waals surface area contributed by atoms with E-state index in [1.165, 1.54) is 5.56 Å². The van der Waals surface area contributed by atoms with E-state index >= 15 is 0 Å². The van der Waals surface area contributed by atoms with E-state index in [2.05, 4.69) is 12.1 Å². The van der Waals surface area contributed by atoms with E-state index in [9.17, 15) is 0 Å². The second-order valence-corrected chi connectivity index (χ2v) is 3.50. The highest BCUT2D eigenvalue weighted by Crippen LogP contribution is 2.34. The van der Waals surface area contributed by atoms with Gasteiger partial charge in [-0.15, -0.1) is 0 Å². The number of hydrogen-bond donors (Lipinski definition) is 0. The van der Waals surface area contributed by atoms with Crippen molar-refractivity contribution in [2.45, 2.75) is 6.61 Å². The van der Waals surface area contributed by atoms with Crippen molar-refractivity contribution in [2.75, 3.05) is 0 Å². The van der Waals surface area contributed by atoms with Crippen molar-refractivity contribution in [1.29, 1.82) is 0 Å². The Morgan fingerprint density at radius 1 is 0.800 bits per heavy atom. The van der Waals surface area contributed by atoms with Crippen molar-refractivity contribution in [3.63, 3.8) is 0 Å². The third-order valence-electron chi connectivity index (χ3n) is 2.56. The molecule has 0 unspecified atom stereocenters. The molecule has 0 atom stereocenters. The predicted molar refractivity (Wildman–Crippen MR) is 57.3 cm³/mol. The topological polar surface area (TPSA) is 18.5 Å². The van der Waals surface area contributed by atoms with E-state index in [-0.39, 0.29) is 0 Å². The first-order valence-electron chi connectivity index (χ1n) is 4.92. The van der Waals surface area contributed by atoms with Gasteiger partial charge in [0.15, 0.2) is 5.75 Å². The van der Waals surface area contributed by atoms with Crippen LogP contribution in [0.2, 0.25) is 0 Å². The van der Waals surface area contributed by atoms with Gasteiger partial charge in [0, 0.05) is 5.56 Å². The lowest BCUT2D eigenvalue weighted by atomic mass is 10.00. The van der Waals surface area contributed by atoms with Crippen molar-refractivity contribution in [1.82, 2.24) is 0 Å². The summed E-state index contributed by atoms with van der Waals surface area (Å²) in [6.07, 6.45) is 0. The van der Waals surface area contributed by atoms with Crippen LogP contribution in [0.4, 0.5) is 0 Å². The largest absolute Gasteiger partial charge is 0.337 e. The molecule has 0 saturated heterocycles. The normalized spacial score (nSPS) is 13.3. The monoisotopic (exact) mass is 198 g/mol. The molecule has 1 aliphatic rings. The average molecular weight is 198 g/mol. The molecule has 0 spiro atoms. The fourth-order valence-electron chi connectivity index (χ4n) is 1.83. The molecule has 2 aromatic rings. The summed E-state index contributed by atoms with van der Waals surface area (Å²) in [5.41, 5.74) is 3.43. The van der Waals surface area contributed by atoms with E-state index < -0.39 is 0 Å². The van der Waals surface area contributed by atoms with Gasteiger partial charge in [-0.2, -0.15) is 4.89 Å². The van der Waals surface area contributed by atoms with Crippen LogP contribution in [0.25, 0.3) is 11.1 Å². The van der Waals surface area contributed by atoms with E-state index in [4.69, 9.17) is 9.78 Å². The van der Waals surface area contributed by atoms with Gasteiger partial charge < -0.3 is 4.89 Å². The van der Waals surface area contributed by atoms with Crippen LogP contribution >= 0.6 is 0 Å². The van der Waals surface area contributed by atoms with E-state index in [0.717, 1.165) is 16.9 Å². The first-order chi connectivity index (χ1) is 7.45. The Bertz CT molecular complexity index is 446. The molecule has 0 amide bonds. The van der Waals surface area contributed by atoms with Crippen LogP contribution in [-0.4, -0.2) is 0 Å². The molecule has 0 N–H and O–H groups in total. The Kier molecular flexibility index (Phi) is 1.93. The van der Waals surface area contributed by atoms with Gasteiger partial charge in [0.25, 0.3) is 0 Å². The number of rotatable bonds is 0.